The van der Waals surface area contributed by atoms with Crippen LogP contribution in [-0.4, -0.2) is 70.0 Å². The summed E-state index contributed by atoms with van der Waals surface area (Å²) in [6, 6.07) is 4.23. The number of alkyl carbamates (subject to hydrolysis) is 1. The molecule has 2 amide bonds. The molecule has 5 rings (SSSR count). The van der Waals surface area contributed by atoms with E-state index in [1.54, 1.807) is 39.1 Å². The summed E-state index contributed by atoms with van der Waals surface area (Å²) in [5.74, 6) is -2.23. The SMILES string of the molecule is COc1cc2c(cc1NC(=O)c1cnn3ccc(N4CC(NC(=O)OC(C)(C)C)CC(F)(F)C4)nc13)CC(C)(C)O2. The van der Waals surface area contributed by atoms with Gasteiger partial charge in [-0.2, -0.15) is 5.10 Å². The van der Waals surface area contributed by atoms with Crippen LogP contribution in [0, 0.1) is 0 Å². The lowest BCUT2D eigenvalue weighted by atomic mass is 10.0. The first-order chi connectivity index (χ1) is 19.1. The van der Waals surface area contributed by atoms with Crippen LogP contribution in [0.3, 0.4) is 0 Å². The fourth-order valence-corrected chi connectivity index (χ4v) is 5.13. The Morgan fingerprint density at radius 2 is 1.98 bits per heavy atom. The van der Waals surface area contributed by atoms with Gasteiger partial charge in [0.15, 0.2) is 5.65 Å². The van der Waals surface area contributed by atoms with Crippen molar-refractivity contribution in [2.24, 2.45) is 0 Å². The van der Waals surface area contributed by atoms with Crippen molar-refractivity contribution >= 4 is 29.2 Å². The Morgan fingerprint density at radius 3 is 2.68 bits per heavy atom. The van der Waals surface area contributed by atoms with Crippen LogP contribution in [0.5, 0.6) is 11.5 Å². The van der Waals surface area contributed by atoms with E-state index < -0.39 is 42.5 Å². The minimum atomic E-state index is -3.09. The van der Waals surface area contributed by atoms with E-state index in [1.165, 1.54) is 22.7 Å². The molecule has 13 heteroatoms. The highest BCUT2D eigenvalue weighted by Crippen LogP contribution is 2.41. The number of hydrogen-bond acceptors (Lipinski definition) is 8. The number of alkyl halides is 2. The molecule has 0 spiro atoms. The monoisotopic (exact) mass is 572 g/mol. The van der Waals surface area contributed by atoms with Gasteiger partial charge in [-0.15, -0.1) is 0 Å². The lowest BCUT2D eigenvalue weighted by molar-refractivity contribution is -0.0231. The zero-order chi connectivity index (χ0) is 29.7. The maximum atomic E-state index is 14.7. The highest BCUT2D eigenvalue weighted by atomic mass is 19.3. The maximum absolute atomic E-state index is 14.7. The van der Waals surface area contributed by atoms with E-state index in [1.807, 2.05) is 19.9 Å². The standard InChI is InChI=1S/C28H34F2N6O5/c1-26(2,3)41-25(38)32-17-12-28(29,30)15-35(14-17)22-7-8-36-23(34-22)18(13-31-36)24(37)33-19-9-16-11-27(4,5)40-20(16)10-21(19)39-6/h7-10,13,17H,11-12,14-15H2,1-6H3,(H,32,38)(H,33,37). The number of amides is 2. The van der Waals surface area contributed by atoms with Gasteiger partial charge in [0.05, 0.1) is 31.6 Å². The summed E-state index contributed by atoms with van der Waals surface area (Å²) in [4.78, 5) is 31.5. The first-order valence-corrected chi connectivity index (χ1v) is 13.3. The Hall–Kier alpha value is -4.16. The molecule has 0 bridgehead atoms. The minimum absolute atomic E-state index is 0.0818. The van der Waals surface area contributed by atoms with Gasteiger partial charge in [-0.05, 0) is 46.8 Å². The van der Waals surface area contributed by atoms with Crippen molar-refractivity contribution in [3.8, 4) is 11.5 Å². The summed E-state index contributed by atoms with van der Waals surface area (Å²) >= 11 is 0. The molecule has 1 saturated heterocycles. The number of methoxy groups -OCH3 is 1. The molecule has 0 saturated carbocycles. The molecular formula is C28H34F2N6O5. The summed E-state index contributed by atoms with van der Waals surface area (Å²) in [7, 11) is 1.50. The van der Waals surface area contributed by atoms with E-state index in [0.717, 1.165) is 5.56 Å². The van der Waals surface area contributed by atoms with Crippen LogP contribution in [0.25, 0.3) is 5.65 Å². The zero-order valence-corrected chi connectivity index (χ0v) is 23.9. The fourth-order valence-electron chi connectivity index (χ4n) is 5.13. The molecule has 3 aromatic rings. The van der Waals surface area contributed by atoms with Crippen LogP contribution in [0.1, 0.15) is 57.0 Å². The van der Waals surface area contributed by atoms with E-state index in [0.29, 0.717) is 23.6 Å². The predicted octanol–water partition coefficient (Wildman–Crippen LogP) is 4.44. The van der Waals surface area contributed by atoms with E-state index in [9.17, 15) is 18.4 Å². The molecule has 0 radical (unpaired) electrons. The van der Waals surface area contributed by atoms with Gasteiger partial charge in [0, 0.05) is 37.2 Å². The number of hydrogen-bond donors (Lipinski definition) is 2. The van der Waals surface area contributed by atoms with E-state index in [4.69, 9.17) is 14.2 Å². The maximum Gasteiger partial charge on any atom is 0.407 e. The molecule has 1 aromatic carbocycles. The average molecular weight is 573 g/mol. The number of anilines is 2. The molecule has 0 aliphatic carbocycles. The molecule has 1 atom stereocenters. The van der Waals surface area contributed by atoms with Crippen LogP contribution >= 0.6 is 0 Å². The third kappa shape index (κ3) is 6.28. The Morgan fingerprint density at radius 1 is 1.22 bits per heavy atom. The summed E-state index contributed by atoms with van der Waals surface area (Å²) in [5.41, 5.74) is 0.603. The normalized spacial score (nSPS) is 19.3. The largest absolute Gasteiger partial charge is 0.494 e. The smallest absolute Gasteiger partial charge is 0.407 e. The molecule has 2 N–H and O–H groups in total. The lowest BCUT2D eigenvalue weighted by Gasteiger charge is -2.38. The number of nitrogens with zero attached hydrogens (tertiary/aromatic N) is 4. The van der Waals surface area contributed by atoms with Gasteiger partial charge in [0.1, 0.15) is 34.1 Å². The first kappa shape index (κ1) is 28.4. The third-order valence-electron chi connectivity index (χ3n) is 6.69. The number of piperidine rings is 1. The predicted molar refractivity (Wildman–Crippen MR) is 147 cm³/mol. The number of carbonyl (C=O) groups excluding carboxylic acids is 2. The second-order valence-electron chi connectivity index (χ2n) is 12.0. The van der Waals surface area contributed by atoms with E-state index in [2.05, 4.69) is 20.7 Å². The van der Waals surface area contributed by atoms with E-state index in [-0.39, 0.29) is 29.2 Å². The van der Waals surface area contributed by atoms with Gasteiger partial charge >= 0.3 is 6.09 Å². The quantitative estimate of drug-likeness (QED) is 0.461. The van der Waals surface area contributed by atoms with Gasteiger partial charge in [-0.3, -0.25) is 4.79 Å². The van der Waals surface area contributed by atoms with Crippen molar-refractivity contribution < 1.29 is 32.6 Å². The molecular weight excluding hydrogens is 538 g/mol. The molecule has 41 heavy (non-hydrogen) atoms. The summed E-state index contributed by atoms with van der Waals surface area (Å²) in [6.07, 6.45) is 2.28. The minimum Gasteiger partial charge on any atom is -0.494 e. The van der Waals surface area contributed by atoms with Gasteiger partial charge < -0.3 is 29.7 Å². The van der Waals surface area contributed by atoms with Crippen molar-refractivity contribution in [2.75, 3.05) is 30.4 Å². The number of fused-ring (bicyclic) bond motifs is 2. The average Bonchev–Trinajstić information content (AvgIpc) is 3.39. The zero-order valence-electron chi connectivity index (χ0n) is 23.9. The van der Waals surface area contributed by atoms with Crippen LogP contribution in [0.15, 0.2) is 30.6 Å². The Bertz CT molecular complexity index is 1500. The molecule has 220 valence electrons. The number of halogens is 2. The number of benzene rings is 1. The second-order valence-corrected chi connectivity index (χ2v) is 12.0. The van der Waals surface area contributed by atoms with Gasteiger partial charge in [-0.25, -0.2) is 23.1 Å². The molecule has 2 aromatic heterocycles. The fraction of sp³-hybridized carbons (Fsp3) is 0.500. The van der Waals surface area contributed by atoms with E-state index >= 15 is 0 Å². The second kappa shape index (κ2) is 10.0. The molecule has 2 aliphatic rings. The number of aromatic nitrogens is 3. The molecule has 4 heterocycles. The topological polar surface area (TPSA) is 119 Å². The van der Waals surface area contributed by atoms with Crippen LogP contribution < -0.4 is 25.0 Å². The Kier molecular flexibility index (Phi) is 6.94. The number of rotatable bonds is 5. The number of carbonyl (C=O) groups is 2. The highest BCUT2D eigenvalue weighted by Gasteiger charge is 2.42. The molecule has 1 fully saturated rings. The first-order valence-electron chi connectivity index (χ1n) is 13.3. The molecule has 1 unspecified atom stereocenters. The van der Waals surface area contributed by atoms with Crippen LogP contribution in [-0.2, 0) is 11.2 Å². The number of nitrogens with one attached hydrogen (secondary N) is 2. The third-order valence-corrected chi connectivity index (χ3v) is 6.69. The molecule has 11 nitrogen and oxygen atoms in total. The summed E-state index contributed by atoms with van der Waals surface area (Å²) in [5, 5.41) is 9.61. The number of ether oxygens (including phenoxy) is 3. The summed E-state index contributed by atoms with van der Waals surface area (Å²) < 4.78 is 47.5. The Balaban J connectivity index is 1.38. The van der Waals surface area contributed by atoms with Crippen molar-refractivity contribution in [1.29, 1.82) is 0 Å². The van der Waals surface area contributed by atoms with Gasteiger partial charge in [-0.1, -0.05) is 0 Å². The van der Waals surface area contributed by atoms with Crippen molar-refractivity contribution in [1.82, 2.24) is 19.9 Å². The highest BCUT2D eigenvalue weighted by molar-refractivity contribution is 6.09. The van der Waals surface area contributed by atoms with Crippen LogP contribution in [0.4, 0.5) is 25.1 Å². The lowest BCUT2D eigenvalue weighted by Crippen LogP contribution is -2.56. The van der Waals surface area contributed by atoms with Crippen molar-refractivity contribution in [3.63, 3.8) is 0 Å². The van der Waals surface area contributed by atoms with Crippen molar-refractivity contribution in [3.05, 3.63) is 41.7 Å². The van der Waals surface area contributed by atoms with Gasteiger partial charge in [0.2, 0.25) is 0 Å². The van der Waals surface area contributed by atoms with Crippen LogP contribution in [0.2, 0.25) is 0 Å². The van der Waals surface area contributed by atoms with Gasteiger partial charge in [0.25, 0.3) is 11.8 Å². The summed E-state index contributed by atoms with van der Waals surface area (Å²) in [6.45, 7) is 8.54. The Labute approximate surface area is 236 Å². The molecule has 2 aliphatic heterocycles. The van der Waals surface area contributed by atoms with Crippen molar-refractivity contribution in [2.45, 2.75) is 70.6 Å².